The van der Waals surface area contributed by atoms with Gasteiger partial charge in [0.15, 0.2) is 5.16 Å². The first-order valence-electron chi connectivity index (χ1n) is 8.15. The van der Waals surface area contributed by atoms with Crippen molar-refractivity contribution in [2.75, 3.05) is 7.11 Å². The van der Waals surface area contributed by atoms with Crippen LogP contribution >= 0.6 is 0 Å². The Hall–Kier alpha value is -2.31. The third-order valence-corrected chi connectivity index (χ3v) is 5.47. The second kappa shape index (κ2) is 8.15. The minimum Gasteiger partial charge on any atom is -0.496 e. The van der Waals surface area contributed by atoms with Crippen LogP contribution in [0.25, 0.3) is 16.7 Å². The molecule has 0 spiro atoms. The average molecular weight is 432 g/mol. The third-order valence-electron chi connectivity index (χ3n) is 4.31. The van der Waals surface area contributed by atoms with E-state index in [0.717, 1.165) is 33.7 Å². The molecular weight excluding hydrogens is 414 g/mol. The summed E-state index contributed by atoms with van der Waals surface area (Å²) < 4.78 is 20.1. The van der Waals surface area contributed by atoms with E-state index in [1.54, 1.807) is 19.4 Å². The van der Waals surface area contributed by atoms with Gasteiger partial charge in [-0.05, 0) is 43.3 Å². The molecule has 1 unspecified atom stereocenters. The van der Waals surface area contributed by atoms with Crippen molar-refractivity contribution < 1.29 is 28.4 Å². The molecule has 3 heterocycles. The van der Waals surface area contributed by atoms with Crippen LogP contribution in [0.2, 0.25) is 0 Å². The fraction of sp³-hybridized carbons (Fsp3) is 0.158. The van der Waals surface area contributed by atoms with E-state index in [4.69, 9.17) is 4.74 Å². The van der Waals surface area contributed by atoms with E-state index in [-0.39, 0.29) is 25.2 Å². The summed E-state index contributed by atoms with van der Waals surface area (Å²) in [7, 11) is 0.293. The minimum absolute atomic E-state index is 0. The summed E-state index contributed by atoms with van der Waals surface area (Å²) in [5.74, 6) is 1.03. The van der Waals surface area contributed by atoms with Gasteiger partial charge in [0, 0.05) is 29.8 Å². The standard InChI is InChI=1S/C19H18N4O2S.Zn/c1-13-17(20-8-7-18(13)25-2)12-26(24)19-21-15-6-5-14(11-16(15)22-19)23-9-3-4-10-23;/h3-11H,12H2,1-2H3,(H,21,22);/q;+2. The average Bonchev–Trinajstić information content (AvgIpc) is 3.32. The fourth-order valence-electron chi connectivity index (χ4n) is 2.87. The number of fused-ring (bicyclic) bond motifs is 1. The van der Waals surface area contributed by atoms with Gasteiger partial charge in [-0.2, -0.15) is 0 Å². The van der Waals surface area contributed by atoms with E-state index in [2.05, 4.69) is 15.0 Å². The molecule has 6 nitrogen and oxygen atoms in total. The molecule has 0 saturated carbocycles. The van der Waals surface area contributed by atoms with Crippen molar-refractivity contribution in [1.29, 1.82) is 0 Å². The molecule has 0 aliphatic heterocycles. The van der Waals surface area contributed by atoms with Crippen molar-refractivity contribution in [3.8, 4) is 11.4 Å². The van der Waals surface area contributed by atoms with Crippen LogP contribution in [-0.2, 0) is 36.0 Å². The van der Waals surface area contributed by atoms with Crippen LogP contribution in [0.5, 0.6) is 5.75 Å². The van der Waals surface area contributed by atoms with E-state index in [9.17, 15) is 4.21 Å². The van der Waals surface area contributed by atoms with Gasteiger partial charge in [-0.15, -0.1) is 0 Å². The van der Waals surface area contributed by atoms with E-state index in [0.29, 0.717) is 5.16 Å². The van der Waals surface area contributed by atoms with Gasteiger partial charge in [-0.3, -0.25) is 9.19 Å². The predicted octanol–water partition coefficient (Wildman–Crippen LogP) is 3.37. The van der Waals surface area contributed by atoms with Crippen molar-refractivity contribution in [3.63, 3.8) is 0 Å². The Morgan fingerprint density at radius 2 is 2.00 bits per heavy atom. The summed E-state index contributed by atoms with van der Waals surface area (Å²) in [5, 5.41) is 0.452. The molecule has 1 atom stereocenters. The summed E-state index contributed by atoms with van der Waals surface area (Å²) >= 11 is 0. The zero-order valence-electron chi connectivity index (χ0n) is 15.2. The Labute approximate surface area is 172 Å². The van der Waals surface area contributed by atoms with Gasteiger partial charge in [-0.1, -0.05) is 0 Å². The summed E-state index contributed by atoms with van der Waals surface area (Å²) in [6.45, 7) is 1.92. The van der Waals surface area contributed by atoms with Crippen LogP contribution < -0.4 is 4.74 Å². The number of H-pyrrole nitrogens is 1. The Morgan fingerprint density at radius 1 is 1.22 bits per heavy atom. The smallest absolute Gasteiger partial charge is 0.496 e. The Bertz CT molecular complexity index is 1090. The van der Waals surface area contributed by atoms with Crippen LogP contribution in [-0.4, -0.2) is 30.8 Å². The molecule has 0 aliphatic carbocycles. The molecule has 27 heavy (non-hydrogen) atoms. The number of rotatable bonds is 5. The van der Waals surface area contributed by atoms with Gasteiger partial charge in [0.2, 0.25) is 0 Å². The molecule has 0 bridgehead atoms. The van der Waals surface area contributed by atoms with Crippen LogP contribution in [0.3, 0.4) is 0 Å². The number of hydrogen-bond donors (Lipinski definition) is 1. The van der Waals surface area contributed by atoms with E-state index in [1.165, 1.54) is 0 Å². The van der Waals surface area contributed by atoms with Crippen LogP contribution in [0.1, 0.15) is 11.3 Å². The van der Waals surface area contributed by atoms with E-state index in [1.807, 2.05) is 54.2 Å². The number of imidazole rings is 1. The Morgan fingerprint density at radius 3 is 2.74 bits per heavy atom. The van der Waals surface area contributed by atoms with Gasteiger partial charge in [0.05, 0.1) is 40.4 Å². The third kappa shape index (κ3) is 3.87. The first-order chi connectivity index (χ1) is 12.7. The maximum Gasteiger partial charge on any atom is 2.00 e. The monoisotopic (exact) mass is 430 g/mol. The van der Waals surface area contributed by atoms with Crippen LogP contribution in [0, 0.1) is 6.92 Å². The second-order valence-corrected chi connectivity index (χ2v) is 7.27. The summed E-state index contributed by atoms with van der Waals surface area (Å²) in [6.07, 6.45) is 5.63. The maximum atomic E-state index is 12.8. The molecule has 3 aromatic heterocycles. The van der Waals surface area contributed by atoms with Crippen LogP contribution in [0.15, 0.2) is 60.1 Å². The van der Waals surface area contributed by atoms with Crippen molar-refractivity contribution in [2.24, 2.45) is 0 Å². The molecule has 1 aromatic carbocycles. The molecule has 0 amide bonds. The molecule has 0 saturated heterocycles. The van der Waals surface area contributed by atoms with Gasteiger partial charge in [0.1, 0.15) is 5.75 Å². The second-order valence-electron chi connectivity index (χ2n) is 5.91. The Balaban J connectivity index is 0.00000210. The molecule has 0 radical (unpaired) electrons. The molecule has 8 heteroatoms. The minimum atomic E-state index is -1.32. The van der Waals surface area contributed by atoms with Crippen molar-refractivity contribution in [2.45, 2.75) is 17.8 Å². The fourth-order valence-corrected chi connectivity index (χ4v) is 3.97. The molecule has 4 aromatic rings. The van der Waals surface area contributed by atoms with Crippen LogP contribution in [0.4, 0.5) is 0 Å². The van der Waals surface area contributed by atoms with Gasteiger partial charge in [0.25, 0.3) is 0 Å². The zero-order chi connectivity index (χ0) is 18.1. The normalized spacial score (nSPS) is 11.9. The van der Waals surface area contributed by atoms with Crippen molar-refractivity contribution in [3.05, 3.63) is 66.2 Å². The number of methoxy groups -OCH3 is 1. The first-order valence-corrected chi connectivity index (χ1v) is 9.47. The van der Waals surface area contributed by atoms with Gasteiger partial charge < -0.3 is 14.3 Å². The molecule has 132 valence electrons. The number of nitrogens with zero attached hydrogens (tertiary/aromatic N) is 3. The number of ether oxygens (including phenoxy) is 1. The number of pyridine rings is 1. The largest absolute Gasteiger partial charge is 2.00 e. The topological polar surface area (TPSA) is 72.8 Å². The van der Waals surface area contributed by atoms with Gasteiger partial charge in [-0.25, -0.2) is 4.98 Å². The molecule has 0 aliphatic rings. The number of aromatic nitrogens is 4. The maximum absolute atomic E-state index is 12.8. The molecular formula is C19H18N4O2SZn+2. The zero-order valence-corrected chi connectivity index (χ0v) is 19.0. The number of benzene rings is 1. The van der Waals surface area contributed by atoms with Crippen molar-refractivity contribution >= 4 is 21.8 Å². The first kappa shape index (κ1) is 19.5. The predicted molar refractivity (Wildman–Crippen MR) is 101 cm³/mol. The SMILES string of the molecule is COc1ccnc(CS(=O)c2nc3ccc(-n4cccc4)cc3[nH]2)c1C.[Zn+2]. The van der Waals surface area contributed by atoms with E-state index < -0.39 is 10.8 Å². The summed E-state index contributed by atoms with van der Waals surface area (Å²) in [6, 6.07) is 11.7. The molecule has 1 N–H and O–H groups in total. The molecule has 4 rings (SSSR count). The number of aromatic amines is 1. The van der Waals surface area contributed by atoms with Crippen molar-refractivity contribution in [1.82, 2.24) is 19.5 Å². The Kier molecular flexibility index (Phi) is 5.87. The number of hydrogen-bond acceptors (Lipinski definition) is 4. The van der Waals surface area contributed by atoms with E-state index >= 15 is 0 Å². The quantitative estimate of drug-likeness (QED) is 0.492. The summed E-state index contributed by atoms with van der Waals surface area (Å²) in [5.41, 5.74) is 4.31. The number of nitrogens with one attached hydrogen (secondary N) is 1. The molecule has 0 fully saturated rings. The van der Waals surface area contributed by atoms with Gasteiger partial charge >= 0.3 is 19.5 Å². The summed E-state index contributed by atoms with van der Waals surface area (Å²) in [4.78, 5) is 12.0.